The largest absolute Gasteiger partial charge is 0.483 e. The van der Waals surface area contributed by atoms with Crippen molar-refractivity contribution in [2.75, 3.05) is 11.1 Å². The van der Waals surface area contributed by atoms with Crippen molar-refractivity contribution in [1.82, 2.24) is 14.8 Å². The van der Waals surface area contributed by atoms with E-state index in [1.807, 2.05) is 62.6 Å². The Kier molecular flexibility index (Phi) is 7.84. The first-order valence-electron chi connectivity index (χ1n) is 11.3. The summed E-state index contributed by atoms with van der Waals surface area (Å²) in [5, 5.41) is 12.4. The van der Waals surface area contributed by atoms with Crippen LogP contribution in [0.2, 0.25) is 0 Å². The molecule has 1 amide bonds. The van der Waals surface area contributed by atoms with E-state index >= 15 is 0 Å². The van der Waals surface area contributed by atoms with Crippen LogP contribution < -0.4 is 10.1 Å². The first kappa shape index (κ1) is 24.8. The molecule has 0 fully saturated rings. The summed E-state index contributed by atoms with van der Waals surface area (Å²) in [4.78, 5) is 12.5. The minimum absolute atomic E-state index is 0.0656. The van der Waals surface area contributed by atoms with E-state index in [1.54, 1.807) is 0 Å². The molecular formula is C26H34N4O2S. The number of aryl methyl sites for hydroxylation is 2. The molecule has 0 aliphatic rings. The third-order valence-electron chi connectivity index (χ3n) is 5.46. The van der Waals surface area contributed by atoms with Crippen molar-refractivity contribution in [2.24, 2.45) is 0 Å². The number of carbonyl (C=O) groups is 1. The summed E-state index contributed by atoms with van der Waals surface area (Å²) < 4.78 is 8.14. The van der Waals surface area contributed by atoms with Crippen LogP contribution >= 0.6 is 11.8 Å². The normalized spacial score (nSPS) is 12.5. The van der Waals surface area contributed by atoms with Crippen molar-refractivity contribution in [3.05, 3.63) is 65.0 Å². The lowest BCUT2D eigenvalue weighted by Gasteiger charge is -2.20. The molecule has 1 aromatic heterocycles. The Morgan fingerprint density at radius 3 is 2.45 bits per heavy atom. The minimum Gasteiger partial charge on any atom is -0.483 e. The topological polar surface area (TPSA) is 69.0 Å². The van der Waals surface area contributed by atoms with Gasteiger partial charge in [-0.25, -0.2) is 0 Å². The van der Waals surface area contributed by atoms with Crippen molar-refractivity contribution >= 4 is 23.4 Å². The second-order valence-corrected chi connectivity index (χ2v) is 10.2. The SMILES string of the molecule is CCn1c(SCC(=O)Nc2cc(C)ccc2C)nnc1C(C)Oc1ccc(C(C)(C)C)cc1. The van der Waals surface area contributed by atoms with E-state index in [1.165, 1.54) is 17.3 Å². The summed E-state index contributed by atoms with van der Waals surface area (Å²) in [6.07, 6.45) is -0.268. The number of nitrogens with zero attached hydrogens (tertiary/aromatic N) is 3. The fourth-order valence-electron chi connectivity index (χ4n) is 3.48. The van der Waals surface area contributed by atoms with Gasteiger partial charge in [0.15, 0.2) is 17.1 Å². The molecule has 0 bridgehead atoms. The monoisotopic (exact) mass is 466 g/mol. The second kappa shape index (κ2) is 10.4. The molecule has 0 saturated heterocycles. The van der Waals surface area contributed by atoms with Crippen LogP contribution in [0.3, 0.4) is 0 Å². The van der Waals surface area contributed by atoms with E-state index in [0.29, 0.717) is 11.7 Å². The van der Waals surface area contributed by atoms with Gasteiger partial charge in [0.25, 0.3) is 0 Å². The average Bonchev–Trinajstić information content (AvgIpc) is 3.17. The molecule has 3 aromatic rings. The molecule has 3 rings (SSSR count). The highest BCUT2D eigenvalue weighted by Gasteiger charge is 2.20. The zero-order valence-electron chi connectivity index (χ0n) is 20.6. The average molecular weight is 467 g/mol. The number of benzene rings is 2. The Morgan fingerprint density at radius 2 is 1.82 bits per heavy atom. The van der Waals surface area contributed by atoms with Crippen molar-refractivity contribution in [1.29, 1.82) is 0 Å². The predicted molar refractivity (Wildman–Crippen MR) is 135 cm³/mol. The maximum atomic E-state index is 12.5. The molecular weight excluding hydrogens is 432 g/mol. The third kappa shape index (κ3) is 6.38. The third-order valence-corrected chi connectivity index (χ3v) is 6.42. The zero-order valence-corrected chi connectivity index (χ0v) is 21.4. The highest BCUT2D eigenvalue weighted by atomic mass is 32.2. The summed E-state index contributed by atoms with van der Waals surface area (Å²) in [7, 11) is 0. The Labute approximate surface area is 201 Å². The van der Waals surface area contributed by atoms with Crippen LogP contribution in [0.4, 0.5) is 5.69 Å². The standard InChI is InChI=1S/C26H34N4O2S/c1-8-30-24(19(4)32-21-13-11-20(12-14-21)26(5,6)7)28-29-25(30)33-16-23(31)27-22-15-17(2)9-10-18(22)3/h9-15,19H,8,16H2,1-7H3,(H,27,31). The van der Waals surface area contributed by atoms with E-state index < -0.39 is 0 Å². The van der Waals surface area contributed by atoms with Gasteiger partial charge in [-0.1, -0.05) is 56.8 Å². The first-order valence-corrected chi connectivity index (χ1v) is 12.3. The van der Waals surface area contributed by atoms with Gasteiger partial charge >= 0.3 is 0 Å². The number of anilines is 1. The quantitative estimate of drug-likeness (QED) is 0.407. The number of ether oxygens (including phenoxy) is 1. The van der Waals surface area contributed by atoms with Crippen molar-refractivity contribution in [3.63, 3.8) is 0 Å². The van der Waals surface area contributed by atoms with Gasteiger partial charge in [-0.15, -0.1) is 10.2 Å². The van der Waals surface area contributed by atoms with Crippen LogP contribution in [0.15, 0.2) is 47.6 Å². The summed E-state index contributed by atoms with van der Waals surface area (Å²) >= 11 is 1.38. The summed E-state index contributed by atoms with van der Waals surface area (Å²) in [5.41, 5.74) is 4.36. The Bertz CT molecular complexity index is 1100. The fraction of sp³-hybridized carbons (Fsp3) is 0.423. The molecule has 0 radical (unpaired) electrons. The molecule has 1 unspecified atom stereocenters. The van der Waals surface area contributed by atoms with Gasteiger partial charge in [0.1, 0.15) is 5.75 Å². The van der Waals surface area contributed by atoms with Gasteiger partial charge in [-0.05, 0) is 68.0 Å². The number of hydrogen-bond donors (Lipinski definition) is 1. The van der Waals surface area contributed by atoms with Gasteiger partial charge in [-0.2, -0.15) is 0 Å². The van der Waals surface area contributed by atoms with Crippen LogP contribution in [0.25, 0.3) is 0 Å². The van der Waals surface area contributed by atoms with Gasteiger partial charge in [0.05, 0.1) is 5.75 Å². The minimum atomic E-state index is -0.268. The van der Waals surface area contributed by atoms with Crippen LogP contribution in [-0.2, 0) is 16.8 Å². The number of amides is 1. The molecule has 1 heterocycles. The Balaban J connectivity index is 1.64. The molecule has 33 heavy (non-hydrogen) atoms. The lowest BCUT2D eigenvalue weighted by molar-refractivity contribution is -0.113. The van der Waals surface area contributed by atoms with Crippen molar-refractivity contribution in [3.8, 4) is 5.75 Å². The maximum absolute atomic E-state index is 12.5. The summed E-state index contributed by atoms with van der Waals surface area (Å²) in [6.45, 7) is 15.3. The van der Waals surface area contributed by atoms with Gasteiger partial charge < -0.3 is 14.6 Å². The van der Waals surface area contributed by atoms with Crippen LogP contribution in [0, 0.1) is 13.8 Å². The smallest absolute Gasteiger partial charge is 0.234 e. The van der Waals surface area contributed by atoms with E-state index in [4.69, 9.17) is 4.74 Å². The number of carbonyl (C=O) groups excluding carboxylic acids is 1. The zero-order chi connectivity index (χ0) is 24.2. The highest BCUT2D eigenvalue weighted by molar-refractivity contribution is 7.99. The molecule has 0 aliphatic carbocycles. The van der Waals surface area contributed by atoms with E-state index in [0.717, 1.165) is 28.4 Å². The number of thioether (sulfide) groups is 1. The van der Waals surface area contributed by atoms with Gasteiger partial charge in [-0.3, -0.25) is 4.79 Å². The van der Waals surface area contributed by atoms with E-state index in [9.17, 15) is 4.79 Å². The maximum Gasteiger partial charge on any atom is 0.234 e. The van der Waals surface area contributed by atoms with Crippen LogP contribution in [0.1, 0.15) is 63.2 Å². The molecule has 176 valence electrons. The molecule has 0 saturated carbocycles. The molecule has 1 N–H and O–H groups in total. The van der Waals surface area contributed by atoms with Gasteiger partial charge in [0.2, 0.25) is 5.91 Å². The first-order chi connectivity index (χ1) is 15.6. The second-order valence-electron chi connectivity index (χ2n) is 9.27. The van der Waals surface area contributed by atoms with Crippen molar-refractivity contribution < 1.29 is 9.53 Å². The predicted octanol–water partition coefficient (Wildman–Crippen LogP) is 6.08. The van der Waals surface area contributed by atoms with E-state index in [-0.39, 0.29) is 23.2 Å². The fourth-order valence-corrected chi connectivity index (χ4v) is 4.29. The molecule has 6 nitrogen and oxygen atoms in total. The highest BCUT2D eigenvalue weighted by Crippen LogP contribution is 2.28. The lowest BCUT2D eigenvalue weighted by atomic mass is 9.87. The summed E-state index contributed by atoms with van der Waals surface area (Å²) in [5.74, 6) is 1.73. The van der Waals surface area contributed by atoms with Crippen LogP contribution in [-0.4, -0.2) is 26.4 Å². The number of rotatable bonds is 8. The van der Waals surface area contributed by atoms with Crippen molar-refractivity contribution in [2.45, 2.75) is 71.7 Å². The number of hydrogen-bond acceptors (Lipinski definition) is 5. The molecule has 7 heteroatoms. The Morgan fingerprint density at radius 1 is 1.12 bits per heavy atom. The Hall–Kier alpha value is -2.80. The number of aromatic nitrogens is 3. The summed E-state index contributed by atoms with van der Waals surface area (Å²) in [6, 6.07) is 14.2. The number of nitrogens with one attached hydrogen (secondary N) is 1. The molecule has 2 aromatic carbocycles. The molecule has 0 aliphatic heterocycles. The molecule has 1 atom stereocenters. The van der Waals surface area contributed by atoms with Gasteiger partial charge in [0, 0.05) is 12.2 Å². The van der Waals surface area contributed by atoms with E-state index in [2.05, 4.69) is 48.4 Å². The van der Waals surface area contributed by atoms with Crippen LogP contribution in [0.5, 0.6) is 5.75 Å². The lowest BCUT2D eigenvalue weighted by Crippen LogP contribution is -2.16. The molecule has 0 spiro atoms.